The molecule has 3 N–H and O–H groups in total. The van der Waals surface area contributed by atoms with Crippen molar-refractivity contribution in [2.45, 2.75) is 32.4 Å². The van der Waals surface area contributed by atoms with Gasteiger partial charge in [0.15, 0.2) is 0 Å². The predicted molar refractivity (Wildman–Crippen MR) is 87.1 cm³/mol. The molecule has 1 atom stereocenters. The number of nitrogens with zero attached hydrogens (tertiary/aromatic N) is 2. The second kappa shape index (κ2) is 6.74. The normalized spacial score (nSPS) is 17.0. The minimum atomic E-state index is -0.571. The Hall–Kier alpha value is -2.83. The minimum absolute atomic E-state index is 0.0208. The molecule has 1 aromatic heterocycles. The SMILES string of the molecule is Cc1cc([C@H]2CCCN2C(=O)c2ccc(CNC(N)=O)cc2)no1. The minimum Gasteiger partial charge on any atom is -0.361 e. The van der Waals surface area contributed by atoms with Crippen LogP contribution in [0.2, 0.25) is 0 Å². The maximum absolute atomic E-state index is 12.8. The van der Waals surface area contributed by atoms with Gasteiger partial charge in [-0.2, -0.15) is 0 Å². The van der Waals surface area contributed by atoms with Gasteiger partial charge in [-0.3, -0.25) is 4.79 Å². The molecule has 1 saturated heterocycles. The number of aryl methyl sites for hydroxylation is 1. The van der Waals surface area contributed by atoms with Crippen molar-refractivity contribution in [1.29, 1.82) is 0 Å². The molecule has 3 amide bonds. The molecule has 0 unspecified atom stereocenters. The van der Waals surface area contributed by atoms with Crippen LogP contribution in [-0.2, 0) is 6.54 Å². The first-order valence-electron chi connectivity index (χ1n) is 7.91. The zero-order valence-electron chi connectivity index (χ0n) is 13.5. The van der Waals surface area contributed by atoms with Crippen LogP contribution in [0.4, 0.5) is 4.79 Å². The molecule has 0 saturated carbocycles. The Labute approximate surface area is 139 Å². The fourth-order valence-corrected chi connectivity index (χ4v) is 2.98. The lowest BCUT2D eigenvalue weighted by Gasteiger charge is -2.23. The fourth-order valence-electron chi connectivity index (χ4n) is 2.98. The Bertz CT molecular complexity index is 739. The highest BCUT2D eigenvalue weighted by molar-refractivity contribution is 5.94. The van der Waals surface area contributed by atoms with Crippen molar-refractivity contribution in [1.82, 2.24) is 15.4 Å². The standard InChI is InChI=1S/C17H20N4O3/c1-11-9-14(20-24-11)15-3-2-8-21(15)16(22)13-6-4-12(5-7-13)10-19-17(18)23/h4-7,9,15H,2-3,8,10H2,1H3,(H3,18,19,23)/t15-/m1/s1. The quantitative estimate of drug-likeness (QED) is 0.897. The summed E-state index contributed by atoms with van der Waals surface area (Å²) in [6.07, 6.45) is 1.83. The van der Waals surface area contributed by atoms with Crippen molar-refractivity contribution >= 4 is 11.9 Å². The number of rotatable bonds is 4. The monoisotopic (exact) mass is 328 g/mol. The van der Waals surface area contributed by atoms with Crippen LogP contribution >= 0.6 is 0 Å². The summed E-state index contributed by atoms with van der Waals surface area (Å²) in [6, 6.07) is 8.44. The zero-order chi connectivity index (χ0) is 17.1. The van der Waals surface area contributed by atoms with Gasteiger partial charge in [-0.15, -0.1) is 0 Å². The number of nitrogens with one attached hydrogen (secondary N) is 1. The molecule has 2 aromatic rings. The van der Waals surface area contributed by atoms with Gasteiger partial charge in [0.1, 0.15) is 11.5 Å². The van der Waals surface area contributed by atoms with Crippen LogP contribution < -0.4 is 11.1 Å². The molecule has 0 bridgehead atoms. The lowest BCUT2D eigenvalue weighted by Crippen LogP contribution is -2.31. The van der Waals surface area contributed by atoms with Crippen LogP contribution in [0, 0.1) is 6.92 Å². The van der Waals surface area contributed by atoms with Gasteiger partial charge >= 0.3 is 6.03 Å². The summed E-state index contributed by atoms with van der Waals surface area (Å²) in [7, 11) is 0. The molecule has 3 rings (SSSR count). The molecule has 1 aliphatic heterocycles. The molecular weight excluding hydrogens is 308 g/mol. The Morgan fingerprint density at radius 2 is 2.12 bits per heavy atom. The number of carbonyl (C=O) groups excluding carboxylic acids is 2. The van der Waals surface area contributed by atoms with Crippen LogP contribution in [-0.4, -0.2) is 28.5 Å². The highest BCUT2D eigenvalue weighted by Gasteiger charge is 2.32. The number of hydrogen-bond acceptors (Lipinski definition) is 4. The largest absolute Gasteiger partial charge is 0.361 e. The van der Waals surface area contributed by atoms with E-state index in [2.05, 4.69) is 10.5 Å². The van der Waals surface area contributed by atoms with Crippen LogP contribution in [0.1, 0.15) is 46.3 Å². The van der Waals surface area contributed by atoms with E-state index in [4.69, 9.17) is 10.3 Å². The summed E-state index contributed by atoms with van der Waals surface area (Å²) >= 11 is 0. The highest BCUT2D eigenvalue weighted by atomic mass is 16.5. The van der Waals surface area contributed by atoms with Crippen molar-refractivity contribution < 1.29 is 14.1 Å². The first-order valence-corrected chi connectivity index (χ1v) is 7.91. The number of aromatic nitrogens is 1. The molecule has 24 heavy (non-hydrogen) atoms. The van der Waals surface area contributed by atoms with Crippen molar-refractivity contribution in [3.63, 3.8) is 0 Å². The second-order valence-electron chi connectivity index (χ2n) is 5.93. The first kappa shape index (κ1) is 16.0. The van der Waals surface area contributed by atoms with Crippen LogP contribution in [0.3, 0.4) is 0 Å². The lowest BCUT2D eigenvalue weighted by molar-refractivity contribution is 0.0731. The Morgan fingerprint density at radius 1 is 1.38 bits per heavy atom. The number of carbonyl (C=O) groups is 2. The number of amides is 3. The van der Waals surface area contributed by atoms with E-state index in [0.29, 0.717) is 18.7 Å². The molecule has 1 aliphatic rings. The number of hydrogen-bond donors (Lipinski definition) is 2. The summed E-state index contributed by atoms with van der Waals surface area (Å²) in [6.45, 7) is 2.89. The van der Waals surface area contributed by atoms with Gasteiger partial charge in [-0.25, -0.2) is 4.79 Å². The average molecular weight is 328 g/mol. The van der Waals surface area contributed by atoms with Gasteiger partial charge < -0.3 is 20.5 Å². The first-order chi connectivity index (χ1) is 11.5. The summed E-state index contributed by atoms with van der Waals surface area (Å²) in [5.74, 6) is 0.725. The molecule has 7 heteroatoms. The van der Waals surface area contributed by atoms with Gasteiger partial charge in [0, 0.05) is 24.7 Å². The fraction of sp³-hybridized carbons (Fsp3) is 0.353. The smallest absolute Gasteiger partial charge is 0.312 e. The Kier molecular flexibility index (Phi) is 4.50. The Morgan fingerprint density at radius 3 is 2.75 bits per heavy atom. The third-order valence-electron chi connectivity index (χ3n) is 4.17. The topological polar surface area (TPSA) is 101 Å². The van der Waals surface area contributed by atoms with E-state index >= 15 is 0 Å². The van der Waals surface area contributed by atoms with Gasteiger partial charge in [-0.1, -0.05) is 17.3 Å². The van der Waals surface area contributed by atoms with Gasteiger partial charge in [0.2, 0.25) is 0 Å². The molecule has 1 aromatic carbocycles. The highest BCUT2D eigenvalue weighted by Crippen LogP contribution is 2.32. The van der Waals surface area contributed by atoms with Gasteiger partial charge in [0.05, 0.1) is 6.04 Å². The summed E-state index contributed by atoms with van der Waals surface area (Å²) in [5, 5.41) is 6.58. The van der Waals surface area contributed by atoms with Crippen molar-refractivity contribution in [3.8, 4) is 0 Å². The van der Waals surface area contributed by atoms with E-state index in [1.165, 1.54) is 0 Å². The van der Waals surface area contributed by atoms with E-state index in [-0.39, 0.29) is 11.9 Å². The van der Waals surface area contributed by atoms with Crippen molar-refractivity contribution in [2.75, 3.05) is 6.54 Å². The van der Waals surface area contributed by atoms with Gasteiger partial charge in [-0.05, 0) is 37.5 Å². The summed E-state index contributed by atoms with van der Waals surface area (Å²) < 4.78 is 5.14. The molecule has 2 heterocycles. The molecular formula is C17H20N4O3. The van der Waals surface area contributed by atoms with Crippen LogP contribution in [0.15, 0.2) is 34.9 Å². The van der Waals surface area contributed by atoms with E-state index in [9.17, 15) is 9.59 Å². The number of likely N-dealkylation sites (tertiary alicyclic amines) is 1. The average Bonchev–Trinajstić information content (AvgIpc) is 3.21. The summed E-state index contributed by atoms with van der Waals surface area (Å²) in [4.78, 5) is 25.4. The number of benzene rings is 1. The number of primary amides is 1. The maximum atomic E-state index is 12.8. The molecule has 0 radical (unpaired) electrons. The van der Waals surface area contributed by atoms with E-state index in [0.717, 1.165) is 29.9 Å². The zero-order valence-corrected chi connectivity index (χ0v) is 13.5. The maximum Gasteiger partial charge on any atom is 0.312 e. The number of urea groups is 1. The van der Waals surface area contributed by atoms with Crippen LogP contribution in [0.25, 0.3) is 0 Å². The molecule has 0 spiro atoms. The third-order valence-corrected chi connectivity index (χ3v) is 4.17. The van der Waals surface area contributed by atoms with E-state index in [1.807, 2.05) is 30.0 Å². The van der Waals surface area contributed by atoms with Crippen molar-refractivity contribution in [3.05, 3.63) is 52.9 Å². The lowest BCUT2D eigenvalue weighted by atomic mass is 10.1. The Balaban J connectivity index is 1.72. The summed E-state index contributed by atoms with van der Waals surface area (Å²) in [5.41, 5.74) is 7.36. The van der Waals surface area contributed by atoms with Crippen molar-refractivity contribution in [2.24, 2.45) is 5.73 Å². The molecule has 7 nitrogen and oxygen atoms in total. The molecule has 1 fully saturated rings. The van der Waals surface area contributed by atoms with Crippen LogP contribution in [0.5, 0.6) is 0 Å². The van der Waals surface area contributed by atoms with E-state index in [1.54, 1.807) is 12.1 Å². The predicted octanol–water partition coefficient (Wildman–Crippen LogP) is 2.13. The number of nitrogens with two attached hydrogens (primary N) is 1. The van der Waals surface area contributed by atoms with E-state index < -0.39 is 6.03 Å². The molecule has 126 valence electrons. The second-order valence-corrected chi connectivity index (χ2v) is 5.93. The van der Waals surface area contributed by atoms with Gasteiger partial charge in [0.25, 0.3) is 5.91 Å². The third kappa shape index (κ3) is 3.40. The molecule has 0 aliphatic carbocycles.